The summed E-state index contributed by atoms with van der Waals surface area (Å²) in [6, 6.07) is 6.51. The molecule has 1 aromatic heterocycles. The van der Waals surface area contributed by atoms with Crippen molar-refractivity contribution in [2.24, 2.45) is 5.41 Å². The van der Waals surface area contributed by atoms with Crippen LogP contribution < -0.4 is 10.2 Å². The molecule has 1 aromatic carbocycles. The molecule has 0 spiro atoms. The van der Waals surface area contributed by atoms with Crippen molar-refractivity contribution in [3.8, 4) is 0 Å². The van der Waals surface area contributed by atoms with Crippen LogP contribution in [0.1, 0.15) is 61.7 Å². The number of rotatable bonds is 8. The van der Waals surface area contributed by atoms with E-state index in [1.165, 1.54) is 23.2 Å². The van der Waals surface area contributed by atoms with E-state index in [4.69, 9.17) is 14.6 Å². The first-order valence-corrected chi connectivity index (χ1v) is 12.5. The molecule has 7 nitrogen and oxygen atoms in total. The molecule has 2 aliphatic heterocycles. The van der Waals surface area contributed by atoms with Crippen molar-refractivity contribution in [1.29, 1.82) is 0 Å². The maximum Gasteiger partial charge on any atom is 0.178 e. The minimum atomic E-state index is 0.0230. The smallest absolute Gasteiger partial charge is 0.178 e. The Bertz CT molecular complexity index is 1050. The molecule has 2 atom stereocenters. The number of nitrogens with zero attached hydrogens (tertiary/aromatic N) is 2. The Morgan fingerprint density at radius 1 is 1.41 bits per heavy atom. The lowest BCUT2D eigenvalue weighted by Crippen LogP contribution is -2.32. The first-order chi connectivity index (χ1) is 16.4. The van der Waals surface area contributed by atoms with Gasteiger partial charge >= 0.3 is 0 Å². The molecule has 3 aliphatic rings. The maximum absolute atomic E-state index is 12.6. The molecule has 7 heteroatoms. The summed E-state index contributed by atoms with van der Waals surface area (Å²) < 4.78 is 11.2. The quantitative estimate of drug-likeness (QED) is 0.605. The number of hydrogen-bond acceptors (Lipinski definition) is 6. The molecule has 0 amide bonds. The highest BCUT2D eigenvalue weighted by Gasteiger charge is 2.33. The number of ketones is 1. The first-order valence-electron chi connectivity index (χ1n) is 12.5. The Hall–Kier alpha value is -2.64. The minimum absolute atomic E-state index is 0.0230. The van der Waals surface area contributed by atoms with Gasteiger partial charge in [-0.05, 0) is 67.0 Å². The molecular weight excluding hydrogens is 428 g/mol. The summed E-state index contributed by atoms with van der Waals surface area (Å²) >= 11 is 0. The van der Waals surface area contributed by atoms with Crippen LogP contribution >= 0.6 is 0 Å². The maximum atomic E-state index is 12.6. The zero-order valence-electron chi connectivity index (χ0n) is 20.4. The Kier molecular flexibility index (Phi) is 6.49. The summed E-state index contributed by atoms with van der Waals surface area (Å²) in [5, 5.41) is 11.7. The molecule has 0 bridgehead atoms. The molecule has 0 radical (unpaired) electrons. The van der Waals surface area contributed by atoms with E-state index in [0.717, 1.165) is 55.8 Å². The van der Waals surface area contributed by atoms with Gasteiger partial charge < -0.3 is 19.7 Å². The van der Waals surface area contributed by atoms with Crippen molar-refractivity contribution in [2.45, 2.75) is 64.5 Å². The second-order valence-corrected chi connectivity index (χ2v) is 10.6. The van der Waals surface area contributed by atoms with Crippen LogP contribution in [0.2, 0.25) is 0 Å². The van der Waals surface area contributed by atoms with Crippen molar-refractivity contribution >= 4 is 17.2 Å². The third-order valence-corrected chi connectivity index (χ3v) is 7.37. The van der Waals surface area contributed by atoms with Gasteiger partial charge in [0.05, 0.1) is 31.0 Å². The number of aromatic nitrogens is 2. The lowest BCUT2D eigenvalue weighted by molar-refractivity contribution is -0.127. The van der Waals surface area contributed by atoms with Crippen LogP contribution in [0, 0.1) is 5.41 Å². The average Bonchev–Trinajstić information content (AvgIpc) is 3.44. The Balaban J connectivity index is 1.22. The van der Waals surface area contributed by atoms with Crippen LogP contribution in [-0.4, -0.2) is 48.4 Å². The average molecular weight is 465 g/mol. The summed E-state index contributed by atoms with van der Waals surface area (Å²) in [6.45, 7) is 10.3. The molecule has 0 saturated carbocycles. The Labute approximate surface area is 201 Å². The van der Waals surface area contributed by atoms with Gasteiger partial charge in [0.25, 0.3) is 0 Å². The zero-order chi connectivity index (χ0) is 23.7. The number of ether oxygens (including phenoxy) is 2. The van der Waals surface area contributed by atoms with Crippen molar-refractivity contribution in [3.63, 3.8) is 0 Å². The highest BCUT2D eigenvalue weighted by molar-refractivity contribution is 5.85. The van der Waals surface area contributed by atoms with E-state index < -0.39 is 0 Å². The number of carbonyl (C=O) groups is 1. The molecule has 182 valence electrons. The highest BCUT2D eigenvalue weighted by atomic mass is 16.5. The number of nitrogens with one attached hydrogen (secondary N) is 2. The van der Waals surface area contributed by atoms with E-state index in [-0.39, 0.29) is 31.1 Å². The first kappa shape index (κ1) is 23.1. The molecule has 1 aliphatic carbocycles. The number of carbonyl (C=O) groups excluding carboxylic acids is 1. The van der Waals surface area contributed by atoms with Crippen LogP contribution in [0.3, 0.4) is 0 Å². The van der Waals surface area contributed by atoms with Gasteiger partial charge in [-0.15, -0.1) is 0 Å². The fraction of sp³-hybridized carbons (Fsp3) is 0.556. The predicted molar refractivity (Wildman–Crippen MR) is 133 cm³/mol. The van der Waals surface area contributed by atoms with E-state index in [0.29, 0.717) is 12.0 Å². The molecule has 1 fully saturated rings. The lowest BCUT2D eigenvalue weighted by atomic mass is 9.76. The number of fused-ring (bicyclic) bond motifs is 2. The van der Waals surface area contributed by atoms with Gasteiger partial charge in [0.1, 0.15) is 6.61 Å². The highest BCUT2D eigenvalue weighted by Crippen LogP contribution is 2.41. The van der Waals surface area contributed by atoms with E-state index in [1.54, 1.807) is 6.20 Å². The van der Waals surface area contributed by atoms with Crippen LogP contribution in [0.15, 0.2) is 31.0 Å². The molecule has 2 unspecified atom stereocenters. The van der Waals surface area contributed by atoms with Crippen molar-refractivity contribution in [1.82, 2.24) is 10.2 Å². The number of aromatic amines is 1. The van der Waals surface area contributed by atoms with Crippen molar-refractivity contribution in [2.75, 3.05) is 36.6 Å². The van der Waals surface area contributed by atoms with Crippen LogP contribution in [0.4, 0.5) is 11.4 Å². The van der Waals surface area contributed by atoms with Gasteiger partial charge in [-0.3, -0.25) is 9.89 Å². The van der Waals surface area contributed by atoms with Gasteiger partial charge in [-0.2, -0.15) is 5.10 Å². The topological polar surface area (TPSA) is 79.5 Å². The molecule has 34 heavy (non-hydrogen) atoms. The van der Waals surface area contributed by atoms with Gasteiger partial charge in [0.2, 0.25) is 0 Å². The summed E-state index contributed by atoms with van der Waals surface area (Å²) in [7, 11) is 0. The number of anilines is 2. The lowest BCUT2D eigenvalue weighted by Gasteiger charge is -2.29. The standard InChI is InChI=1S/C27H36N4O3/c1-4-31(15-20(32)16-34-21-6-5-11-33-17-21)19-8-7-18-12-24(28-23(18)13-19)26-22-9-10-27(2,3)14-25(22)29-30-26/h4,7-8,13,21,24,28H,1,5-6,9-12,14-17H2,2-3H3,(H,29,30). The van der Waals surface area contributed by atoms with E-state index in [2.05, 4.69) is 49.0 Å². The summed E-state index contributed by atoms with van der Waals surface area (Å²) in [6.07, 6.45) is 7.91. The minimum Gasteiger partial charge on any atom is -0.379 e. The van der Waals surface area contributed by atoms with Gasteiger partial charge in [-0.25, -0.2) is 0 Å². The number of hydrogen-bond donors (Lipinski definition) is 2. The summed E-state index contributed by atoms with van der Waals surface area (Å²) in [4.78, 5) is 14.5. The predicted octanol–water partition coefficient (Wildman–Crippen LogP) is 4.35. The Morgan fingerprint density at radius 3 is 3.09 bits per heavy atom. The van der Waals surface area contributed by atoms with E-state index >= 15 is 0 Å². The van der Waals surface area contributed by atoms with Crippen LogP contribution in [-0.2, 0) is 33.5 Å². The van der Waals surface area contributed by atoms with Crippen LogP contribution in [0.25, 0.3) is 0 Å². The molecule has 3 heterocycles. The molecule has 5 rings (SSSR count). The van der Waals surface area contributed by atoms with Gasteiger partial charge in [0.15, 0.2) is 5.78 Å². The van der Waals surface area contributed by atoms with Crippen molar-refractivity contribution < 1.29 is 14.3 Å². The van der Waals surface area contributed by atoms with E-state index in [9.17, 15) is 4.79 Å². The summed E-state index contributed by atoms with van der Waals surface area (Å²) in [5.74, 6) is 0.0304. The Morgan fingerprint density at radius 2 is 2.29 bits per heavy atom. The van der Waals surface area contributed by atoms with Crippen LogP contribution in [0.5, 0.6) is 0 Å². The largest absolute Gasteiger partial charge is 0.379 e. The van der Waals surface area contributed by atoms with Crippen molar-refractivity contribution in [3.05, 3.63) is 53.5 Å². The summed E-state index contributed by atoms with van der Waals surface area (Å²) in [5.41, 5.74) is 7.50. The second-order valence-electron chi connectivity index (χ2n) is 10.6. The number of H-pyrrole nitrogens is 1. The third kappa shape index (κ3) is 4.91. The number of Topliss-reactive ketones (excluding diaryl/α,β-unsaturated/α-hetero) is 1. The van der Waals surface area contributed by atoms with E-state index in [1.807, 2.05) is 4.90 Å². The fourth-order valence-corrected chi connectivity index (χ4v) is 5.39. The van der Waals surface area contributed by atoms with Gasteiger partial charge in [-0.1, -0.05) is 26.5 Å². The monoisotopic (exact) mass is 464 g/mol. The fourth-order valence-electron chi connectivity index (χ4n) is 5.39. The zero-order valence-corrected chi connectivity index (χ0v) is 20.4. The van der Waals surface area contributed by atoms with Gasteiger partial charge in [0, 0.05) is 30.1 Å². The number of benzene rings is 1. The molecule has 1 saturated heterocycles. The normalized spacial score (nSPS) is 23.0. The molecule has 2 N–H and O–H groups in total. The third-order valence-electron chi connectivity index (χ3n) is 7.37. The molecular formula is C27H36N4O3. The SMILES string of the molecule is C=CN(CC(=O)COC1CCCOC1)c1ccc2c(c1)NC(c1n[nH]c3c1CCC(C)(C)C3)C2. The second kappa shape index (κ2) is 9.55. The molecule has 2 aromatic rings.